The summed E-state index contributed by atoms with van der Waals surface area (Å²) in [5.74, 6) is 1.85. The van der Waals surface area contributed by atoms with Gasteiger partial charge in [-0.05, 0) is 38.8 Å². The number of benzene rings is 1. The molecule has 0 spiro atoms. The summed E-state index contributed by atoms with van der Waals surface area (Å²) in [6.07, 6.45) is 2.47. The van der Waals surface area contributed by atoms with Crippen LogP contribution in [0.4, 0.5) is 5.82 Å². The van der Waals surface area contributed by atoms with Crippen LogP contribution in [0, 0.1) is 12.8 Å². The van der Waals surface area contributed by atoms with Crippen LogP contribution in [0.25, 0.3) is 10.8 Å². The van der Waals surface area contributed by atoms with E-state index in [9.17, 15) is 0 Å². The van der Waals surface area contributed by atoms with Crippen LogP contribution in [0.15, 0.2) is 24.3 Å². The first-order valence-corrected chi connectivity index (χ1v) is 7.97. The van der Waals surface area contributed by atoms with E-state index in [0.29, 0.717) is 0 Å². The Labute approximate surface area is 126 Å². The van der Waals surface area contributed by atoms with Gasteiger partial charge in [0.05, 0.1) is 5.69 Å². The molecule has 2 heterocycles. The molecule has 0 radical (unpaired) electrons. The fourth-order valence-electron chi connectivity index (χ4n) is 3.15. The van der Waals surface area contributed by atoms with Crippen LogP contribution >= 0.6 is 0 Å². The zero-order chi connectivity index (χ0) is 14.7. The van der Waals surface area contributed by atoms with E-state index < -0.39 is 0 Å². The Morgan fingerprint density at radius 2 is 1.86 bits per heavy atom. The second-order valence-electron chi connectivity index (χ2n) is 5.89. The van der Waals surface area contributed by atoms with E-state index in [1.54, 1.807) is 0 Å². The Bertz CT molecular complexity index is 603. The number of nitrogens with zero attached hydrogens (tertiary/aromatic N) is 3. The van der Waals surface area contributed by atoms with Crippen molar-refractivity contribution in [2.45, 2.75) is 26.7 Å². The average molecular weight is 284 g/mol. The molecule has 2 aromatic rings. The van der Waals surface area contributed by atoms with Crippen LogP contribution in [-0.4, -0.2) is 36.4 Å². The minimum atomic E-state index is 0.797. The second kappa shape index (κ2) is 6.39. The van der Waals surface area contributed by atoms with Gasteiger partial charge in [-0.3, -0.25) is 0 Å². The number of fused-ring (bicyclic) bond motifs is 1. The van der Waals surface area contributed by atoms with E-state index in [1.165, 1.54) is 23.6 Å². The van der Waals surface area contributed by atoms with Crippen molar-refractivity contribution in [3.05, 3.63) is 30.0 Å². The number of aromatic nitrogens is 2. The molecule has 0 bridgehead atoms. The molecule has 21 heavy (non-hydrogen) atoms. The second-order valence-corrected chi connectivity index (χ2v) is 5.89. The number of piperidine rings is 1. The van der Waals surface area contributed by atoms with Gasteiger partial charge < -0.3 is 10.2 Å². The normalized spacial score (nSPS) is 16.6. The highest BCUT2D eigenvalue weighted by Gasteiger charge is 2.21. The molecule has 1 aliphatic heterocycles. The summed E-state index contributed by atoms with van der Waals surface area (Å²) < 4.78 is 0. The van der Waals surface area contributed by atoms with Gasteiger partial charge in [-0.15, -0.1) is 5.10 Å². The molecule has 0 unspecified atom stereocenters. The Balaban J connectivity index is 1.78. The lowest BCUT2D eigenvalue weighted by molar-refractivity contribution is 0.385. The summed E-state index contributed by atoms with van der Waals surface area (Å²) in [6, 6.07) is 8.46. The van der Waals surface area contributed by atoms with Crippen LogP contribution in [0.2, 0.25) is 0 Å². The summed E-state index contributed by atoms with van der Waals surface area (Å²) in [6.45, 7) is 8.57. The summed E-state index contributed by atoms with van der Waals surface area (Å²) in [5, 5.41) is 14.7. The topological polar surface area (TPSA) is 41.0 Å². The fraction of sp³-hybridized carbons (Fsp3) is 0.529. The summed E-state index contributed by atoms with van der Waals surface area (Å²) in [7, 11) is 0. The van der Waals surface area contributed by atoms with Crippen molar-refractivity contribution in [2.24, 2.45) is 5.92 Å². The predicted molar refractivity (Wildman–Crippen MR) is 87.8 cm³/mol. The van der Waals surface area contributed by atoms with E-state index in [-0.39, 0.29) is 0 Å². The predicted octanol–water partition coefficient (Wildman–Crippen LogP) is 2.76. The number of anilines is 1. The molecule has 1 aromatic heterocycles. The molecule has 0 saturated carbocycles. The van der Waals surface area contributed by atoms with Gasteiger partial charge in [0.1, 0.15) is 0 Å². The number of rotatable bonds is 4. The molecule has 0 atom stereocenters. The zero-order valence-electron chi connectivity index (χ0n) is 13.0. The number of hydrogen-bond donors (Lipinski definition) is 1. The van der Waals surface area contributed by atoms with E-state index in [0.717, 1.165) is 43.6 Å². The maximum Gasteiger partial charge on any atom is 0.159 e. The first kappa shape index (κ1) is 14.3. The lowest BCUT2D eigenvalue weighted by Crippen LogP contribution is -2.38. The van der Waals surface area contributed by atoms with Crippen molar-refractivity contribution in [3.63, 3.8) is 0 Å². The Kier molecular flexibility index (Phi) is 4.34. The molecule has 112 valence electrons. The Hall–Kier alpha value is -1.68. The van der Waals surface area contributed by atoms with Gasteiger partial charge in [-0.1, -0.05) is 31.2 Å². The third kappa shape index (κ3) is 3.00. The summed E-state index contributed by atoms with van der Waals surface area (Å²) in [5.41, 5.74) is 1.01. The molecule has 1 N–H and O–H groups in total. The smallest absolute Gasteiger partial charge is 0.159 e. The van der Waals surface area contributed by atoms with E-state index in [1.807, 2.05) is 6.92 Å². The molecule has 1 saturated heterocycles. The number of hydrogen-bond acceptors (Lipinski definition) is 4. The van der Waals surface area contributed by atoms with Gasteiger partial charge in [-0.2, -0.15) is 5.10 Å². The van der Waals surface area contributed by atoms with Crippen LogP contribution in [-0.2, 0) is 0 Å². The zero-order valence-corrected chi connectivity index (χ0v) is 13.0. The van der Waals surface area contributed by atoms with Crippen molar-refractivity contribution >= 4 is 16.6 Å². The van der Waals surface area contributed by atoms with Crippen LogP contribution < -0.4 is 10.2 Å². The van der Waals surface area contributed by atoms with Gasteiger partial charge in [0.2, 0.25) is 0 Å². The van der Waals surface area contributed by atoms with Crippen molar-refractivity contribution in [1.82, 2.24) is 15.5 Å². The third-order valence-electron chi connectivity index (χ3n) is 4.45. The first-order valence-electron chi connectivity index (χ1n) is 7.97. The van der Waals surface area contributed by atoms with Crippen LogP contribution in [0.5, 0.6) is 0 Å². The fourth-order valence-corrected chi connectivity index (χ4v) is 3.15. The quantitative estimate of drug-likeness (QED) is 0.937. The highest BCUT2D eigenvalue weighted by Crippen LogP contribution is 2.28. The molecular formula is C17H24N4. The van der Waals surface area contributed by atoms with Crippen molar-refractivity contribution < 1.29 is 0 Å². The molecular weight excluding hydrogens is 260 g/mol. The average Bonchev–Trinajstić information content (AvgIpc) is 2.54. The standard InChI is InChI=1S/C17H24N4/c1-3-18-12-14-8-10-21(11-9-14)17-16-7-5-4-6-15(16)13(2)19-20-17/h4-7,14,18H,3,8-12H2,1-2H3. The van der Waals surface area contributed by atoms with Crippen molar-refractivity contribution in [2.75, 3.05) is 31.1 Å². The van der Waals surface area contributed by atoms with Gasteiger partial charge in [-0.25, -0.2) is 0 Å². The molecule has 4 nitrogen and oxygen atoms in total. The molecule has 1 aliphatic rings. The van der Waals surface area contributed by atoms with Gasteiger partial charge in [0.15, 0.2) is 5.82 Å². The SMILES string of the molecule is CCNCC1CCN(c2nnc(C)c3ccccc23)CC1. The van der Waals surface area contributed by atoms with Gasteiger partial charge >= 0.3 is 0 Å². The molecule has 1 fully saturated rings. The maximum absolute atomic E-state index is 4.48. The van der Waals surface area contributed by atoms with Crippen LogP contribution in [0.3, 0.4) is 0 Å². The van der Waals surface area contributed by atoms with Gasteiger partial charge in [0.25, 0.3) is 0 Å². The minimum absolute atomic E-state index is 0.797. The molecule has 0 aliphatic carbocycles. The highest BCUT2D eigenvalue weighted by atomic mass is 15.3. The lowest BCUT2D eigenvalue weighted by atomic mass is 9.96. The molecule has 3 rings (SSSR count). The number of nitrogens with one attached hydrogen (secondary N) is 1. The maximum atomic E-state index is 4.48. The molecule has 4 heteroatoms. The first-order chi connectivity index (χ1) is 10.3. The van der Waals surface area contributed by atoms with Crippen LogP contribution in [0.1, 0.15) is 25.5 Å². The third-order valence-corrected chi connectivity index (χ3v) is 4.45. The van der Waals surface area contributed by atoms with Crippen molar-refractivity contribution in [1.29, 1.82) is 0 Å². The monoisotopic (exact) mass is 284 g/mol. The Morgan fingerprint density at radius 3 is 2.57 bits per heavy atom. The molecule has 1 aromatic carbocycles. The minimum Gasteiger partial charge on any atom is -0.355 e. The number of aryl methyl sites for hydroxylation is 1. The van der Waals surface area contributed by atoms with Gasteiger partial charge in [0, 0.05) is 23.9 Å². The largest absolute Gasteiger partial charge is 0.355 e. The lowest BCUT2D eigenvalue weighted by Gasteiger charge is -2.33. The van der Waals surface area contributed by atoms with E-state index in [4.69, 9.17) is 0 Å². The van der Waals surface area contributed by atoms with Crippen molar-refractivity contribution in [3.8, 4) is 0 Å². The highest BCUT2D eigenvalue weighted by molar-refractivity contribution is 5.93. The summed E-state index contributed by atoms with van der Waals surface area (Å²) in [4.78, 5) is 2.40. The Morgan fingerprint density at radius 1 is 1.14 bits per heavy atom. The van der Waals surface area contributed by atoms with E-state index >= 15 is 0 Å². The summed E-state index contributed by atoms with van der Waals surface area (Å²) >= 11 is 0. The van der Waals surface area contributed by atoms with E-state index in [2.05, 4.69) is 51.6 Å². The molecule has 0 amide bonds.